The van der Waals surface area contributed by atoms with E-state index in [1.165, 1.54) is 10.8 Å². The number of anilines is 1. The van der Waals surface area contributed by atoms with Crippen LogP contribution in [0.5, 0.6) is 0 Å². The highest BCUT2D eigenvalue weighted by molar-refractivity contribution is 5.91. The number of hydrogen-bond donors (Lipinski definition) is 1. The van der Waals surface area contributed by atoms with Crippen LogP contribution in [0.3, 0.4) is 0 Å². The molecule has 2 rings (SSSR count). The molecule has 0 unspecified atom stereocenters. The van der Waals surface area contributed by atoms with Gasteiger partial charge in [-0.15, -0.1) is 0 Å². The first-order valence-corrected chi connectivity index (χ1v) is 6.42. The fourth-order valence-electron chi connectivity index (χ4n) is 1.95. The Morgan fingerprint density at radius 3 is 2.71 bits per heavy atom. The molecule has 0 saturated carbocycles. The van der Waals surface area contributed by atoms with E-state index < -0.39 is 4.92 Å². The quantitative estimate of drug-likeness (QED) is 0.690. The molecule has 1 aromatic carbocycles. The van der Waals surface area contributed by atoms with Crippen LogP contribution in [0.15, 0.2) is 24.4 Å². The lowest BCUT2D eigenvalue weighted by Crippen LogP contribution is -2.19. The predicted octanol–water partition coefficient (Wildman–Crippen LogP) is 2.36. The van der Waals surface area contributed by atoms with Crippen LogP contribution in [-0.2, 0) is 11.3 Å². The van der Waals surface area contributed by atoms with Gasteiger partial charge in [-0.05, 0) is 40.9 Å². The molecule has 0 spiro atoms. The molecule has 1 heterocycles. The molecule has 21 heavy (non-hydrogen) atoms. The Balaban J connectivity index is 2.11. The Hall–Kier alpha value is -2.70. The van der Waals surface area contributed by atoms with Crippen molar-refractivity contribution in [3.63, 3.8) is 0 Å². The number of nitrogens with zero attached hydrogens (tertiary/aromatic N) is 3. The summed E-state index contributed by atoms with van der Waals surface area (Å²) in [5.74, 6) is -0.0797. The van der Waals surface area contributed by atoms with Gasteiger partial charge in [0, 0.05) is 12.6 Å². The molecule has 0 radical (unpaired) electrons. The highest BCUT2D eigenvalue weighted by atomic mass is 16.6. The predicted molar refractivity (Wildman–Crippen MR) is 78.2 cm³/mol. The van der Waals surface area contributed by atoms with Gasteiger partial charge in [0.2, 0.25) is 11.7 Å². The normalized spacial score (nSPS) is 10.4. The van der Waals surface area contributed by atoms with Gasteiger partial charge in [0.05, 0.1) is 0 Å². The van der Waals surface area contributed by atoms with Crippen molar-refractivity contribution in [1.29, 1.82) is 0 Å². The molecule has 1 aromatic heterocycles. The first-order valence-electron chi connectivity index (χ1n) is 6.42. The van der Waals surface area contributed by atoms with Gasteiger partial charge < -0.3 is 15.4 Å². The molecule has 0 saturated heterocycles. The van der Waals surface area contributed by atoms with Crippen molar-refractivity contribution in [2.75, 3.05) is 5.32 Å². The van der Waals surface area contributed by atoms with Gasteiger partial charge in [-0.3, -0.25) is 9.36 Å². The third-order valence-corrected chi connectivity index (χ3v) is 3.13. The molecule has 7 heteroatoms. The van der Waals surface area contributed by atoms with Crippen molar-refractivity contribution >= 4 is 17.4 Å². The topological polar surface area (TPSA) is 90.1 Å². The van der Waals surface area contributed by atoms with Crippen molar-refractivity contribution in [1.82, 2.24) is 9.55 Å². The van der Waals surface area contributed by atoms with Crippen molar-refractivity contribution in [2.24, 2.45) is 0 Å². The maximum absolute atomic E-state index is 12.0. The standard InChI is InChI=1S/C14H16N4O3/c1-9-4-5-10(2)12(6-9)16-14(19)8-17-7-13(18(20)21)15-11(17)3/h4-7H,8H2,1-3H3,(H,16,19). The second-order valence-corrected chi connectivity index (χ2v) is 4.90. The third-order valence-electron chi connectivity index (χ3n) is 3.13. The number of nitrogens with one attached hydrogen (secondary N) is 1. The minimum atomic E-state index is -0.577. The second kappa shape index (κ2) is 5.74. The monoisotopic (exact) mass is 288 g/mol. The van der Waals surface area contributed by atoms with Crippen molar-refractivity contribution in [3.05, 3.63) is 51.5 Å². The number of imidazole rings is 1. The SMILES string of the molecule is Cc1ccc(C)c(NC(=O)Cn2cc([N+](=O)[O-])nc2C)c1. The number of hydrogen-bond acceptors (Lipinski definition) is 4. The highest BCUT2D eigenvalue weighted by Crippen LogP contribution is 2.17. The molecule has 0 bridgehead atoms. The number of carbonyl (C=O) groups is 1. The average molecular weight is 288 g/mol. The van der Waals surface area contributed by atoms with E-state index in [2.05, 4.69) is 10.3 Å². The summed E-state index contributed by atoms with van der Waals surface area (Å²) < 4.78 is 1.46. The van der Waals surface area contributed by atoms with Crippen LogP contribution < -0.4 is 5.32 Å². The molecule has 2 aromatic rings. The molecule has 0 fully saturated rings. The zero-order valence-corrected chi connectivity index (χ0v) is 12.1. The van der Waals surface area contributed by atoms with E-state index in [-0.39, 0.29) is 18.3 Å². The molecule has 0 aliphatic heterocycles. The van der Waals surface area contributed by atoms with Crippen LogP contribution in [0, 0.1) is 30.9 Å². The van der Waals surface area contributed by atoms with Crippen molar-refractivity contribution in [2.45, 2.75) is 27.3 Å². The van der Waals surface area contributed by atoms with Crippen LogP contribution in [0.4, 0.5) is 11.5 Å². The van der Waals surface area contributed by atoms with Gasteiger partial charge in [0.15, 0.2) is 0 Å². The summed E-state index contributed by atoms with van der Waals surface area (Å²) >= 11 is 0. The summed E-state index contributed by atoms with van der Waals surface area (Å²) in [4.78, 5) is 25.9. The van der Waals surface area contributed by atoms with E-state index >= 15 is 0 Å². The van der Waals surface area contributed by atoms with Gasteiger partial charge >= 0.3 is 5.82 Å². The number of aromatic nitrogens is 2. The maximum atomic E-state index is 12.0. The van der Waals surface area contributed by atoms with Crippen LogP contribution in [0.25, 0.3) is 0 Å². The number of rotatable bonds is 4. The van der Waals surface area contributed by atoms with Crippen molar-refractivity contribution < 1.29 is 9.72 Å². The van der Waals surface area contributed by atoms with Crippen LogP contribution in [0.2, 0.25) is 0 Å². The number of benzene rings is 1. The van der Waals surface area contributed by atoms with Crippen molar-refractivity contribution in [3.8, 4) is 0 Å². The largest absolute Gasteiger partial charge is 0.381 e. The lowest BCUT2D eigenvalue weighted by Gasteiger charge is -2.09. The minimum Gasteiger partial charge on any atom is -0.358 e. The van der Waals surface area contributed by atoms with Gasteiger partial charge in [-0.2, -0.15) is 0 Å². The molecule has 0 aliphatic carbocycles. The van der Waals surface area contributed by atoms with E-state index in [0.29, 0.717) is 5.82 Å². The first-order chi connectivity index (χ1) is 9.86. The van der Waals surface area contributed by atoms with Gasteiger partial charge in [0.1, 0.15) is 12.7 Å². The van der Waals surface area contributed by atoms with Crippen LogP contribution in [0.1, 0.15) is 17.0 Å². The fraction of sp³-hybridized carbons (Fsp3) is 0.286. The van der Waals surface area contributed by atoms with E-state index in [1.807, 2.05) is 32.0 Å². The number of amides is 1. The summed E-state index contributed by atoms with van der Waals surface area (Å²) in [5.41, 5.74) is 2.75. The Morgan fingerprint density at radius 2 is 2.10 bits per heavy atom. The summed E-state index contributed by atoms with van der Waals surface area (Å²) in [5, 5.41) is 13.5. The first kappa shape index (κ1) is 14.7. The molecule has 1 amide bonds. The minimum absolute atomic E-state index is 0.0138. The second-order valence-electron chi connectivity index (χ2n) is 4.90. The Bertz CT molecular complexity index is 706. The highest BCUT2D eigenvalue weighted by Gasteiger charge is 2.17. The molecule has 7 nitrogen and oxygen atoms in total. The summed E-state index contributed by atoms with van der Waals surface area (Å²) in [7, 11) is 0. The van der Waals surface area contributed by atoms with Gasteiger partial charge in [-0.1, -0.05) is 12.1 Å². The van der Waals surface area contributed by atoms with E-state index in [9.17, 15) is 14.9 Å². The Kier molecular flexibility index (Phi) is 4.02. The number of aryl methyl sites for hydroxylation is 3. The van der Waals surface area contributed by atoms with E-state index in [0.717, 1.165) is 16.8 Å². The molecular formula is C14H16N4O3. The summed E-state index contributed by atoms with van der Waals surface area (Å²) in [6.45, 7) is 5.46. The lowest BCUT2D eigenvalue weighted by atomic mass is 10.1. The molecule has 0 aliphatic rings. The Labute approximate surface area is 121 Å². The lowest BCUT2D eigenvalue weighted by molar-refractivity contribution is -0.389. The average Bonchev–Trinajstić information content (AvgIpc) is 2.75. The fourth-order valence-corrected chi connectivity index (χ4v) is 1.95. The van der Waals surface area contributed by atoms with Crippen LogP contribution in [-0.4, -0.2) is 20.4 Å². The third kappa shape index (κ3) is 3.44. The Morgan fingerprint density at radius 1 is 1.38 bits per heavy atom. The molecule has 0 atom stereocenters. The van der Waals surface area contributed by atoms with Crippen LogP contribution >= 0.6 is 0 Å². The van der Waals surface area contributed by atoms with E-state index in [4.69, 9.17) is 0 Å². The summed E-state index contributed by atoms with van der Waals surface area (Å²) in [6, 6.07) is 5.78. The van der Waals surface area contributed by atoms with Gasteiger partial charge in [0.25, 0.3) is 0 Å². The zero-order chi connectivity index (χ0) is 15.6. The molecule has 1 N–H and O–H groups in total. The maximum Gasteiger partial charge on any atom is 0.381 e. The molecule has 110 valence electrons. The number of nitro groups is 1. The zero-order valence-electron chi connectivity index (χ0n) is 12.1. The smallest absolute Gasteiger partial charge is 0.358 e. The molecular weight excluding hydrogens is 272 g/mol. The number of carbonyl (C=O) groups excluding carboxylic acids is 1. The van der Waals surface area contributed by atoms with E-state index in [1.54, 1.807) is 6.92 Å². The van der Waals surface area contributed by atoms with Gasteiger partial charge in [-0.25, -0.2) is 0 Å². The summed E-state index contributed by atoms with van der Waals surface area (Å²) in [6.07, 6.45) is 1.26.